The summed E-state index contributed by atoms with van der Waals surface area (Å²) < 4.78 is 6.38. The van der Waals surface area contributed by atoms with Gasteiger partial charge in [0.15, 0.2) is 0 Å². The zero-order chi connectivity index (χ0) is 48.3. The summed E-state index contributed by atoms with van der Waals surface area (Å²) in [5, 5.41) is 71.8. The molecule has 0 radical (unpaired) electrons. The molecule has 1 aliphatic heterocycles. The number of aliphatic hydroxyl groups is 5. The highest BCUT2D eigenvalue weighted by molar-refractivity contribution is 5.86. The SMILES string of the molecule is CNC1Cc2c(cccc2CO)C#CCCC23CCC4C(O)(CC5CC(C(C)C6CCCC6)CCC6C(O)C7(CCCC78CCC7(CCCC7)C8)CC4(C=O)C56O)C2(O)CC2CC1C1OC(=O)C=C1C23. The van der Waals surface area contributed by atoms with E-state index in [1.54, 1.807) is 6.08 Å². The van der Waals surface area contributed by atoms with Gasteiger partial charge in [0.05, 0.1) is 29.3 Å². The maximum Gasteiger partial charge on any atom is 0.331 e. The van der Waals surface area contributed by atoms with Gasteiger partial charge in [0.1, 0.15) is 18.0 Å². The number of aldehydes is 1. The fraction of sp³-hybridized carbons (Fsp3) is 0.803. The first-order valence-electron chi connectivity index (χ1n) is 28.8. The Hall–Kier alpha value is -2.58. The van der Waals surface area contributed by atoms with E-state index in [0.717, 1.165) is 67.1 Å². The molecule has 6 N–H and O–H groups in total. The Morgan fingerprint density at radius 2 is 1.69 bits per heavy atom. The highest BCUT2D eigenvalue weighted by Crippen LogP contribution is 2.82. The summed E-state index contributed by atoms with van der Waals surface area (Å²) in [7, 11) is 1.96. The maximum atomic E-state index is 15.3. The Morgan fingerprint density at radius 1 is 0.871 bits per heavy atom. The highest BCUT2D eigenvalue weighted by Gasteiger charge is 2.85. The van der Waals surface area contributed by atoms with Crippen molar-refractivity contribution in [3.05, 3.63) is 46.5 Å². The topological polar surface area (TPSA) is 157 Å². The molecule has 9 heteroatoms. The van der Waals surface area contributed by atoms with Gasteiger partial charge in [0.2, 0.25) is 0 Å². The molecule has 0 aromatic heterocycles. The minimum Gasteiger partial charge on any atom is -0.454 e. The molecule has 1 heterocycles. The predicted molar refractivity (Wildman–Crippen MR) is 265 cm³/mol. The molecule has 14 rings (SSSR count). The molecule has 70 heavy (non-hydrogen) atoms. The van der Waals surface area contributed by atoms with Crippen molar-refractivity contribution in [2.75, 3.05) is 7.05 Å². The van der Waals surface area contributed by atoms with E-state index in [-0.39, 0.29) is 54.1 Å². The molecule has 0 saturated heterocycles. The summed E-state index contributed by atoms with van der Waals surface area (Å²) in [4.78, 5) is 29.1. The van der Waals surface area contributed by atoms with Gasteiger partial charge in [-0.15, -0.1) is 0 Å². The van der Waals surface area contributed by atoms with Crippen LogP contribution in [0.15, 0.2) is 29.8 Å². The van der Waals surface area contributed by atoms with E-state index in [9.17, 15) is 30.3 Å². The smallest absolute Gasteiger partial charge is 0.331 e. The standard InChI is InChI=1S/C61H83NO8/c1-37(38-11-3-4-12-38)40-16-17-47-53(66)57(23-10-21-55(57)26-25-54(34-55)19-7-8-20-54)35-58(36-64)49-18-24-56-22-6-5-13-39-14-9-15-41(33-63)44(39)29-48(62-2)45-28-42(51(56)46-30-50(65)70-52(45)46)31-60(56,68)59(49,67)32-43(27-40)61(47,58)69/h9,14-15,30,36-38,40,42-43,45,47-49,51-53,62-63,66-69H,3-4,6-8,10-12,16-29,31-35H2,1-2H3. The van der Waals surface area contributed by atoms with Crippen LogP contribution in [0.4, 0.5) is 0 Å². The van der Waals surface area contributed by atoms with Crippen LogP contribution in [0.1, 0.15) is 184 Å². The summed E-state index contributed by atoms with van der Waals surface area (Å²) in [6, 6.07) is 5.82. The van der Waals surface area contributed by atoms with Crippen LogP contribution in [0, 0.1) is 92.2 Å². The van der Waals surface area contributed by atoms with Gasteiger partial charge in [-0.2, -0.15) is 0 Å². The van der Waals surface area contributed by atoms with E-state index in [4.69, 9.17) is 4.74 Å². The quantitative estimate of drug-likeness (QED) is 0.0967. The lowest BCUT2D eigenvalue weighted by Crippen LogP contribution is -2.82. The van der Waals surface area contributed by atoms with Crippen molar-refractivity contribution in [3.8, 4) is 11.8 Å². The van der Waals surface area contributed by atoms with Crippen molar-refractivity contribution in [1.82, 2.24) is 5.32 Å². The second-order valence-electron chi connectivity index (χ2n) is 27.1. The Balaban J connectivity index is 0.983. The minimum atomic E-state index is -1.72. The van der Waals surface area contributed by atoms with Crippen molar-refractivity contribution in [3.63, 3.8) is 0 Å². The molecule has 4 bridgehead atoms. The van der Waals surface area contributed by atoms with Gasteiger partial charge in [-0.25, -0.2) is 4.79 Å². The normalized spacial score (nSPS) is 50.1. The van der Waals surface area contributed by atoms with Crippen molar-refractivity contribution in [2.45, 2.75) is 216 Å². The van der Waals surface area contributed by atoms with Gasteiger partial charge >= 0.3 is 5.97 Å². The maximum absolute atomic E-state index is 15.3. The van der Waals surface area contributed by atoms with E-state index in [1.165, 1.54) is 57.8 Å². The molecule has 380 valence electrons. The molecule has 1 aromatic rings. The van der Waals surface area contributed by atoms with E-state index >= 15 is 4.79 Å². The van der Waals surface area contributed by atoms with Crippen molar-refractivity contribution in [1.29, 1.82) is 0 Å². The number of nitrogens with one attached hydrogen (secondary N) is 1. The van der Waals surface area contributed by atoms with Crippen molar-refractivity contribution >= 4 is 12.3 Å². The number of likely N-dealkylation sites (N-methyl/N-ethyl adjacent to an activating group) is 1. The van der Waals surface area contributed by atoms with E-state index in [1.807, 2.05) is 25.2 Å². The summed E-state index contributed by atoms with van der Waals surface area (Å²) in [5.41, 5.74) is -3.83. The summed E-state index contributed by atoms with van der Waals surface area (Å²) >= 11 is 0. The Labute approximate surface area is 417 Å². The van der Waals surface area contributed by atoms with Crippen molar-refractivity contribution < 1.29 is 39.9 Å². The fourth-order valence-electron chi connectivity index (χ4n) is 22.8. The average Bonchev–Trinajstić information content (AvgIpc) is 4.23. The van der Waals surface area contributed by atoms with E-state index in [2.05, 4.69) is 24.1 Å². The number of esters is 1. The third kappa shape index (κ3) is 5.91. The second-order valence-corrected chi connectivity index (χ2v) is 27.1. The molecule has 10 fully saturated rings. The van der Waals surface area contributed by atoms with Crippen LogP contribution in [-0.2, 0) is 27.4 Å². The first-order chi connectivity index (χ1) is 33.7. The second kappa shape index (κ2) is 16.2. The van der Waals surface area contributed by atoms with Crippen LogP contribution in [0.2, 0.25) is 0 Å². The average molecular weight is 958 g/mol. The molecule has 9 nitrogen and oxygen atoms in total. The molecule has 10 saturated carbocycles. The molecule has 0 amide bonds. The third-order valence-corrected chi connectivity index (χ3v) is 25.5. The zero-order valence-electron chi connectivity index (χ0n) is 42.4. The summed E-state index contributed by atoms with van der Waals surface area (Å²) in [6.07, 6.45) is 24.4. The van der Waals surface area contributed by atoms with Crippen LogP contribution in [0.5, 0.6) is 0 Å². The van der Waals surface area contributed by atoms with Crippen LogP contribution >= 0.6 is 0 Å². The highest BCUT2D eigenvalue weighted by atomic mass is 16.5. The number of hydrogen-bond donors (Lipinski definition) is 6. The molecule has 13 aliphatic rings. The Kier molecular flexibility index (Phi) is 10.9. The molecule has 4 spiro atoms. The molecule has 12 aliphatic carbocycles. The number of carbonyl (C=O) groups excluding carboxylic acids is 2. The lowest BCUT2D eigenvalue weighted by molar-refractivity contribution is -0.360. The number of fused-ring (bicyclic) bond motifs is 7. The van der Waals surface area contributed by atoms with Crippen LogP contribution in [-0.4, -0.2) is 79.9 Å². The molecule has 1 aromatic carbocycles. The number of rotatable bonds is 5. The van der Waals surface area contributed by atoms with Crippen LogP contribution in [0.3, 0.4) is 0 Å². The molecule has 18 atom stereocenters. The minimum absolute atomic E-state index is 0.0735. The lowest BCUT2D eigenvalue weighted by Gasteiger charge is -2.74. The predicted octanol–water partition coefficient (Wildman–Crippen LogP) is 8.67. The summed E-state index contributed by atoms with van der Waals surface area (Å²) in [5.74, 6) is 5.95. The van der Waals surface area contributed by atoms with Gasteiger partial charge < -0.3 is 40.4 Å². The van der Waals surface area contributed by atoms with Crippen LogP contribution < -0.4 is 5.32 Å². The number of benzene rings is 1. The van der Waals surface area contributed by atoms with Gasteiger partial charge in [-0.05, 0) is 192 Å². The van der Waals surface area contributed by atoms with Gasteiger partial charge in [-0.3, -0.25) is 0 Å². The largest absolute Gasteiger partial charge is 0.454 e. The number of hydrogen-bond acceptors (Lipinski definition) is 9. The third-order valence-electron chi connectivity index (χ3n) is 25.5. The monoisotopic (exact) mass is 958 g/mol. The van der Waals surface area contributed by atoms with E-state index < -0.39 is 63.0 Å². The van der Waals surface area contributed by atoms with Gasteiger partial charge in [0, 0.05) is 52.7 Å². The molecular formula is C61H83NO8. The Bertz CT molecular complexity index is 2390. The Morgan fingerprint density at radius 3 is 2.46 bits per heavy atom. The lowest BCUT2D eigenvalue weighted by atomic mass is 9.32. The van der Waals surface area contributed by atoms with E-state index in [0.29, 0.717) is 81.5 Å². The summed E-state index contributed by atoms with van der Waals surface area (Å²) in [6.45, 7) is 2.33. The van der Waals surface area contributed by atoms with Crippen LogP contribution in [0.25, 0.3) is 0 Å². The first kappa shape index (κ1) is 47.2. The molecule has 18 unspecified atom stereocenters. The van der Waals surface area contributed by atoms with Gasteiger partial charge in [-0.1, -0.05) is 75.8 Å². The van der Waals surface area contributed by atoms with Crippen molar-refractivity contribution in [2.24, 2.45) is 80.3 Å². The first-order valence-corrected chi connectivity index (χ1v) is 28.8. The van der Waals surface area contributed by atoms with Gasteiger partial charge in [0.25, 0.3) is 0 Å². The fourth-order valence-corrected chi connectivity index (χ4v) is 22.8. The number of aliphatic hydroxyl groups excluding tert-OH is 2. The molecular weight excluding hydrogens is 875 g/mol. The number of carbonyl (C=O) groups is 2. The zero-order valence-corrected chi connectivity index (χ0v) is 42.4. The number of ether oxygens (including phenoxy) is 1.